The summed E-state index contributed by atoms with van der Waals surface area (Å²) in [7, 11) is 0. The van der Waals surface area contributed by atoms with Crippen molar-refractivity contribution in [3.8, 4) is 11.5 Å². The molecular weight excluding hydrogens is 194 g/mol. The Labute approximate surface area is 89.2 Å². The molecule has 0 atom stereocenters. The van der Waals surface area contributed by atoms with E-state index in [1.807, 2.05) is 0 Å². The van der Waals surface area contributed by atoms with E-state index in [2.05, 4.69) is 18.8 Å². The quantitative estimate of drug-likeness (QED) is 0.664. The van der Waals surface area contributed by atoms with Crippen LogP contribution in [-0.2, 0) is 0 Å². The number of carbonyl (C=O) groups excluding carboxylic acids is 1. The molecule has 0 bridgehead atoms. The number of ether oxygens (including phenoxy) is 2. The maximum atomic E-state index is 10.3. The minimum atomic E-state index is 0.360. The van der Waals surface area contributed by atoms with Gasteiger partial charge in [0.2, 0.25) is 0 Å². The van der Waals surface area contributed by atoms with Crippen LogP contribution in [0.4, 0.5) is 0 Å². The predicted molar refractivity (Wildman–Crippen MR) is 56.6 cm³/mol. The Morgan fingerprint density at radius 3 is 2.53 bits per heavy atom. The van der Waals surface area contributed by atoms with Crippen molar-refractivity contribution in [2.75, 3.05) is 13.2 Å². The zero-order valence-corrected chi connectivity index (χ0v) is 9.03. The van der Waals surface area contributed by atoms with Crippen molar-refractivity contribution in [1.82, 2.24) is 4.98 Å². The Bertz CT molecular complexity index is 326. The maximum Gasteiger partial charge on any atom is 0.179 e. The zero-order valence-electron chi connectivity index (χ0n) is 9.03. The Morgan fingerprint density at radius 2 is 1.93 bits per heavy atom. The molecule has 0 saturated heterocycles. The number of hydrogen-bond donors (Lipinski definition) is 0. The lowest BCUT2D eigenvalue weighted by molar-refractivity contribution is 0.111. The van der Waals surface area contributed by atoms with Gasteiger partial charge in [-0.1, -0.05) is 20.3 Å². The number of carbonyl (C=O) groups is 1. The second-order valence-electron chi connectivity index (χ2n) is 3.08. The zero-order chi connectivity index (χ0) is 11.1. The van der Waals surface area contributed by atoms with E-state index in [1.54, 1.807) is 6.07 Å². The van der Waals surface area contributed by atoms with Gasteiger partial charge in [-0.2, -0.15) is 0 Å². The first-order valence-electron chi connectivity index (χ1n) is 5.02. The molecule has 0 radical (unpaired) electrons. The fraction of sp³-hybridized carbons (Fsp3) is 0.455. The van der Waals surface area contributed by atoms with Crippen molar-refractivity contribution >= 4 is 6.29 Å². The number of rotatable bonds is 1. The summed E-state index contributed by atoms with van der Waals surface area (Å²) in [4.78, 5) is 14.2. The number of nitrogens with zero attached hydrogens (tertiary/aromatic N) is 1. The summed E-state index contributed by atoms with van der Waals surface area (Å²) in [6.45, 7) is 5.31. The number of pyridine rings is 1. The molecule has 0 unspecified atom stereocenters. The Morgan fingerprint density at radius 1 is 1.33 bits per heavy atom. The molecule has 1 aliphatic heterocycles. The first-order valence-corrected chi connectivity index (χ1v) is 5.02. The van der Waals surface area contributed by atoms with Crippen LogP contribution in [0.5, 0.6) is 11.5 Å². The highest BCUT2D eigenvalue weighted by molar-refractivity contribution is 5.73. The van der Waals surface area contributed by atoms with Crippen LogP contribution in [-0.4, -0.2) is 24.5 Å². The minimum Gasteiger partial charge on any atom is -0.486 e. The number of fused-ring (bicyclic) bond motifs is 1. The van der Waals surface area contributed by atoms with Crippen molar-refractivity contribution in [2.45, 2.75) is 20.3 Å². The summed E-state index contributed by atoms with van der Waals surface area (Å²) in [6, 6.07) is 1.57. The van der Waals surface area contributed by atoms with E-state index in [-0.39, 0.29) is 0 Å². The molecule has 0 saturated carbocycles. The Balaban J connectivity index is 0.000000337. The van der Waals surface area contributed by atoms with Crippen LogP contribution in [0.2, 0.25) is 0 Å². The van der Waals surface area contributed by atoms with Crippen LogP contribution in [0.3, 0.4) is 0 Å². The van der Waals surface area contributed by atoms with Crippen molar-refractivity contribution in [3.63, 3.8) is 0 Å². The molecule has 1 aromatic heterocycles. The third-order valence-electron chi connectivity index (χ3n) is 1.57. The molecule has 0 aromatic carbocycles. The first-order chi connectivity index (χ1) is 7.31. The van der Waals surface area contributed by atoms with Crippen molar-refractivity contribution in [1.29, 1.82) is 0 Å². The maximum absolute atomic E-state index is 10.3. The highest BCUT2D eigenvalue weighted by atomic mass is 16.6. The van der Waals surface area contributed by atoms with Gasteiger partial charge in [0.15, 0.2) is 17.8 Å². The average Bonchev–Trinajstić information content (AvgIpc) is 2.29. The minimum absolute atomic E-state index is 0.360. The topological polar surface area (TPSA) is 48.4 Å². The lowest BCUT2D eigenvalue weighted by Crippen LogP contribution is -2.15. The Hall–Kier alpha value is -1.58. The number of aromatic nitrogens is 1. The third kappa shape index (κ3) is 3.23. The molecule has 0 N–H and O–H groups in total. The van der Waals surface area contributed by atoms with Crippen molar-refractivity contribution in [2.24, 2.45) is 0 Å². The molecule has 4 heteroatoms. The monoisotopic (exact) mass is 209 g/mol. The standard InChI is InChI=1S/C8H7NO3.C3H8/c10-5-6-3-7-8(4-9-6)12-2-1-11-7;1-3-2/h3-5H,1-2H2;3H2,1-2H3. The van der Waals surface area contributed by atoms with E-state index in [0.717, 1.165) is 0 Å². The third-order valence-corrected chi connectivity index (χ3v) is 1.57. The number of hydrogen-bond acceptors (Lipinski definition) is 4. The SMILES string of the molecule is CCC.O=Cc1cc2c(cn1)OCCO2. The summed E-state index contributed by atoms with van der Waals surface area (Å²) in [5.74, 6) is 1.20. The molecule has 2 rings (SSSR count). The van der Waals surface area contributed by atoms with Gasteiger partial charge in [0, 0.05) is 6.07 Å². The summed E-state index contributed by atoms with van der Waals surface area (Å²) in [5.41, 5.74) is 0.360. The van der Waals surface area contributed by atoms with Crippen LogP contribution in [0.25, 0.3) is 0 Å². The average molecular weight is 209 g/mol. The highest BCUT2D eigenvalue weighted by Gasteiger charge is 2.11. The van der Waals surface area contributed by atoms with E-state index in [0.29, 0.717) is 36.7 Å². The second kappa shape index (κ2) is 6.01. The van der Waals surface area contributed by atoms with Gasteiger partial charge in [0.05, 0.1) is 6.20 Å². The van der Waals surface area contributed by atoms with Crippen LogP contribution < -0.4 is 9.47 Å². The van der Waals surface area contributed by atoms with E-state index in [4.69, 9.17) is 9.47 Å². The molecule has 0 spiro atoms. The first kappa shape index (κ1) is 11.5. The van der Waals surface area contributed by atoms with Gasteiger partial charge < -0.3 is 9.47 Å². The van der Waals surface area contributed by atoms with Crippen LogP contribution in [0.1, 0.15) is 30.8 Å². The molecule has 0 fully saturated rings. The molecule has 1 aliphatic rings. The smallest absolute Gasteiger partial charge is 0.179 e. The molecule has 0 amide bonds. The molecule has 1 aromatic rings. The normalized spacial score (nSPS) is 12.4. The van der Waals surface area contributed by atoms with E-state index in [1.165, 1.54) is 12.6 Å². The fourth-order valence-electron chi connectivity index (χ4n) is 1.03. The van der Waals surface area contributed by atoms with E-state index < -0.39 is 0 Å². The van der Waals surface area contributed by atoms with Crippen molar-refractivity contribution < 1.29 is 14.3 Å². The molecule has 2 heterocycles. The lowest BCUT2D eigenvalue weighted by Gasteiger charge is -2.17. The van der Waals surface area contributed by atoms with Gasteiger partial charge in [0.25, 0.3) is 0 Å². The summed E-state index contributed by atoms with van der Waals surface area (Å²) in [6.07, 6.45) is 3.43. The van der Waals surface area contributed by atoms with Gasteiger partial charge in [-0.25, -0.2) is 4.98 Å². The molecular formula is C11H15NO3. The van der Waals surface area contributed by atoms with Gasteiger partial charge in [-0.3, -0.25) is 4.79 Å². The molecule has 4 nitrogen and oxygen atoms in total. The van der Waals surface area contributed by atoms with Gasteiger partial charge >= 0.3 is 0 Å². The summed E-state index contributed by atoms with van der Waals surface area (Å²) in [5, 5.41) is 0. The van der Waals surface area contributed by atoms with Crippen LogP contribution in [0, 0.1) is 0 Å². The highest BCUT2D eigenvalue weighted by Crippen LogP contribution is 2.28. The molecule has 82 valence electrons. The lowest BCUT2D eigenvalue weighted by atomic mass is 10.3. The van der Waals surface area contributed by atoms with Gasteiger partial charge in [-0.05, 0) is 0 Å². The summed E-state index contributed by atoms with van der Waals surface area (Å²) >= 11 is 0. The van der Waals surface area contributed by atoms with E-state index >= 15 is 0 Å². The Kier molecular flexibility index (Phi) is 4.60. The van der Waals surface area contributed by atoms with Crippen molar-refractivity contribution in [3.05, 3.63) is 18.0 Å². The van der Waals surface area contributed by atoms with Gasteiger partial charge in [-0.15, -0.1) is 0 Å². The molecule has 0 aliphatic carbocycles. The van der Waals surface area contributed by atoms with E-state index in [9.17, 15) is 4.79 Å². The molecule has 15 heavy (non-hydrogen) atoms. The van der Waals surface area contributed by atoms with Crippen LogP contribution >= 0.6 is 0 Å². The second-order valence-corrected chi connectivity index (χ2v) is 3.08. The predicted octanol–water partition coefficient (Wildman–Crippen LogP) is 2.08. The fourth-order valence-corrected chi connectivity index (χ4v) is 1.03. The van der Waals surface area contributed by atoms with Gasteiger partial charge in [0.1, 0.15) is 18.9 Å². The summed E-state index contributed by atoms with van der Waals surface area (Å²) < 4.78 is 10.5. The number of aldehydes is 1. The largest absolute Gasteiger partial charge is 0.486 e. The van der Waals surface area contributed by atoms with Crippen LogP contribution in [0.15, 0.2) is 12.3 Å².